The van der Waals surface area contributed by atoms with Gasteiger partial charge in [0.2, 0.25) is 0 Å². The minimum absolute atomic E-state index is 0. The van der Waals surface area contributed by atoms with Gasteiger partial charge in [0.1, 0.15) is 0 Å². The SMILES string of the molecule is CCOCCOCc1cccc(CN=C(N)NC(C)c2ccc(Cl)cc2Cl)c1.I. The molecule has 0 aliphatic heterocycles. The van der Waals surface area contributed by atoms with Crippen LogP contribution in [0, 0.1) is 0 Å². The van der Waals surface area contributed by atoms with E-state index in [0.29, 0.717) is 49.0 Å². The molecule has 2 aromatic carbocycles. The fourth-order valence-electron chi connectivity index (χ4n) is 2.64. The van der Waals surface area contributed by atoms with Crippen molar-refractivity contribution in [2.75, 3.05) is 19.8 Å². The molecule has 3 N–H and O–H groups in total. The number of benzene rings is 2. The summed E-state index contributed by atoms with van der Waals surface area (Å²) in [5.41, 5.74) is 9.11. The average Bonchev–Trinajstić information content (AvgIpc) is 2.66. The largest absolute Gasteiger partial charge is 0.379 e. The lowest BCUT2D eigenvalue weighted by Crippen LogP contribution is -2.34. The number of halogens is 3. The van der Waals surface area contributed by atoms with Crippen molar-refractivity contribution >= 4 is 53.1 Å². The van der Waals surface area contributed by atoms with Gasteiger partial charge in [0.25, 0.3) is 0 Å². The standard InChI is InChI=1S/C21H27Cl2N3O2.HI/c1-3-27-9-10-28-14-17-6-4-5-16(11-17)13-25-21(24)26-15(2)19-8-7-18(22)12-20(19)23;/h4-8,11-12,15H,3,9-10,13-14H2,1-2H3,(H3,24,25,26);1H. The van der Waals surface area contributed by atoms with Crippen molar-refractivity contribution in [3.63, 3.8) is 0 Å². The Bertz CT molecular complexity index is 790. The molecule has 1 atom stereocenters. The summed E-state index contributed by atoms with van der Waals surface area (Å²) in [7, 11) is 0. The fourth-order valence-corrected chi connectivity index (χ4v) is 3.22. The molecule has 1 unspecified atom stereocenters. The molecule has 0 spiro atoms. The zero-order valence-corrected chi connectivity index (χ0v) is 20.5. The van der Waals surface area contributed by atoms with Gasteiger partial charge in [-0.3, -0.25) is 0 Å². The van der Waals surface area contributed by atoms with Gasteiger partial charge in [-0.25, -0.2) is 4.99 Å². The maximum absolute atomic E-state index is 6.24. The van der Waals surface area contributed by atoms with Crippen LogP contribution < -0.4 is 11.1 Å². The first-order valence-corrected chi connectivity index (χ1v) is 10.00. The highest BCUT2D eigenvalue weighted by molar-refractivity contribution is 14.0. The molecule has 0 saturated carbocycles. The highest BCUT2D eigenvalue weighted by atomic mass is 127. The third-order valence-electron chi connectivity index (χ3n) is 4.06. The first kappa shape index (κ1) is 26.0. The summed E-state index contributed by atoms with van der Waals surface area (Å²) in [4.78, 5) is 4.42. The van der Waals surface area contributed by atoms with Crippen molar-refractivity contribution < 1.29 is 9.47 Å². The third kappa shape index (κ3) is 9.53. The number of hydrogen-bond donors (Lipinski definition) is 2. The monoisotopic (exact) mass is 551 g/mol. The Kier molecular flexibility index (Phi) is 12.6. The van der Waals surface area contributed by atoms with E-state index < -0.39 is 0 Å². The van der Waals surface area contributed by atoms with Gasteiger partial charge in [-0.2, -0.15) is 0 Å². The molecular weight excluding hydrogens is 524 g/mol. The van der Waals surface area contributed by atoms with Crippen molar-refractivity contribution in [3.8, 4) is 0 Å². The van der Waals surface area contributed by atoms with E-state index in [-0.39, 0.29) is 30.0 Å². The van der Waals surface area contributed by atoms with E-state index in [1.165, 1.54) is 0 Å². The van der Waals surface area contributed by atoms with Gasteiger partial charge in [-0.05, 0) is 42.7 Å². The molecule has 0 aliphatic carbocycles. The predicted molar refractivity (Wildman–Crippen MR) is 131 cm³/mol. The molecule has 0 aliphatic rings. The highest BCUT2D eigenvalue weighted by Crippen LogP contribution is 2.25. The lowest BCUT2D eigenvalue weighted by Gasteiger charge is -2.16. The molecule has 0 heterocycles. The van der Waals surface area contributed by atoms with E-state index in [9.17, 15) is 0 Å². The summed E-state index contributed by atoms with van der Waals surface area (Å²) in [5.74, 6) is 0.358. The van der Waals surface area contributed by atoms with Crippen molar-refractivity contribution in [2.24, 2.45) is 10.7 Å². The van der Waals surface area contributed by atoms with Crippen LogP contribution in [0.5, 0.6) is 0 Å². The minimum Gasteiger partial charge on any atom is -0.379 e. The van der Waals surface area contributed by atoms with Gasteiger partial charge in [-0.15, -0.1) is 24.0 Å². The molecular formula is C21H28Cl2IN3O2. The van der Waals surface area contributed by atoms with E-state index in [0.717, 1.165) is 16.7 Å². The fraction of sp³-hybridized carbons (Fsp3) is 0.381. The molecule has 2 rings (SSSR count). The summed E-state index contributed by atoms with van der Waals surface area (Å²) in [6.45, 7) is 6.86. The Morgan fingerprint density at radius 2 is 1.83 bits per heavy atom. The molecule has 0 radical (unpaired) electrons. The Morgan fingerprint density at radius 3 is 2.55 bits per heavy atom. The second-order valence-electron chi connectivity index (χ2n) is 6.30. The predicted octanol–water partition coefficient (Wildman–Crippen LogP) is 5.33. The molecule has 0 saturated heterocycles. The Hall–Kier alpha value is -1.06. The third-order valence-corrected chi connectivity index (χ3v) is 4.62. The zero-order chi connectivity index (χ0) is 20.4. The normalized spacial score (nSPS) is 12.3. The van der Waals surface area contributed by atoms with Crippen LogP contribution in [0.3, 0.4) is 0 Å². The van der Waals surface area contributed by atoms with E-state index in [1.807, 2.05) is 38.1 Å². The number of ether oxygens (including phenoxy) is 2. The highest BCUT2D eigenvalue weighted by Gasteiger charge is 2.10. The van der Waals surface area contributed by atoms with Crippen LogP contribution in [-0.2, 0) is 22.6 Å². The van der Waals surface area contributed by atoms with Crippen LogP contribution >= 0.6 is 47.2 Å². The lowest BCUT2D eigenvalue weighted by atomic mass is 10.1. The van der Waals surface area contributed by atoms with Crippen LogP contribution in [0.2, 0.25) is 10.0 Å². The van der Waals surface area contributed by atoms with Gasteiger partial charge < -0.3 is 20.5 Å². The van der Waals surface area contributed by atoms with Crippen LogP contribution in [-0.4, -0.2) is 25.8 Å². The van der Waals surface area contributed by atoms with E-state index >= 15 is 0 Å². The number of hydrogen-bond acceptors (Lipinski definition) is 3. The summed E-state index contributed by atoms with van der Waals surface area (Å²) >= 11 is 12.2. The number of nitrogens with zero attached hydrogens (tertiary/aromatic N) is 1. The summed E-state index contributed by atoms with van der Waals surface area (Å²) in [5, 5.41) is 4.35. The molecule has 0 amide bonds. The second kappa shape index (κ2) is 14.0. The van der Waals surface area contributed by atoms with Crippen molar-refractivity contribution in [1.29, 1.82) is 0 Å². The Labute approximate surface area is 200 Å². The van der Waals surface area contributed by atoms with Crippen molar-refractivity contribution in [3.05, 3.63) is 69.2 Å². The molecule has 0 fully saturated rings. The molecule has 8 heteroatoms. The van der Waals surface area contributed by atoms with Crippen LogP contribution in [0.15, 0.2) is 47.5 Å². The van der Waals surface area contributed by atoms with Gasteiger partial charge in [0.15, 0.2) is 5.96 Å². The first-order chi connectivity index (χ1) is 13.5. The maximum atomic E-state index is 6.24. The molecule has 0 aromatic heterocycles. The van der Waals surface area contributed by atoms with Crippen molar-refractivity contribution in [2.45, 2.75) is 33.0 Å². The number of guanidine groups is 1. The Balaban J connectivity index is 0.00000420. The lowest BCUT2D eigenvalue weighted by molar-refractivity contribution is 0.0453. The summed E-state index contributed by atoms with van der Waals surface area (Å²) in [6, 6.07) is 13.4. The average molecular weight is 552 g/mol. The topological polar surface area (TPSA) is 68.9 Å². The molecule has 2 aromatic rings. The second-order valence-corrected chi connectivity index (χ2v) is 7.15. The number of rotatable bonds is 10. The van der Waals surface area contributed by atoms with Crippen LogP contribution in [0.4, 0.5) is 0 Å². The van der Waals surface area contributed by atoms with E-state index in [1.54, 1.807) is 12.1 Å². The van der Waals surface area contributed by atoms with E-state index in [4.69, 9.17) is 38.4 Å². The quantitative estimate of drug-likeness (QED) is 0.181. The Morgan fingerprint density at radius 1 is 1.10 bits per heavy atom. The zero-order valence-electron chi connectivity index (χ0n) is 16.7. The maximum Gasteiger partial charge on any atom is 0.189 e. The van der Waals surface area contributed by atoms with Crippen molar-refractivity contribution in [1.82, 2.24) is 5.32 Å². The summed E-state index contributed by atoms with van der Waals surface area (Å²) in [6.07, 6.45) is 0. The van der Waals surface area contributed by atoms with Crippen LogP contribution in [0.1, 0.15) is 36.6 Å². The molecule has 5 nitrogen and oxygen atoms in total. The minimum atomic E-state index is -0.0846. The molecule has 29 heavy (non-hydrogen) atoms. The van der Waals surface area contributed by atoms with Gasteiger partial charge in [0, 0.05) is 16.7 Å². The number of nitrogens with one attached hydrogen (secondary N) is 1. The first-order valence-electron chi connectivity index (χ1n) is 9.24. The van der Waals surface area contributed by atoms with E-state index in [2.05, 4.69) is 16.4 Å². The molecule has 160 valence electrons. The number of nitrogens with two attached hydrogens (primary N) is 1. The smallest absolute Gasteiger partial charge is 0.189 e. The van der Waals surface area contributed by atoms with Crippen LogP contribution in [0.25, 0.3) is 0 Å². The van der Waals surface area contributed by atoms with Gasteiger partial charge >= 0.3 is 0 Å². The summed E-state index contributed by atoms with van der Waals surface area (Å²) < 4.78 is 10.9. The molecule has 0 bridgehead atoms. The van der Waals surface area contributed by atoms with Gasteiger partial charge in [-0.1, -0.05) is 53.5 Å². The van der Waals surface area contributed by atoms with Gasteiger partial charge in [0.05, 0.1) is 32.4 Å². The number of aliphatic imine (C=N–C) groups is 1.